The average molecular weight is 282 g/mol. The van der Waals surface area contributed by atoms with Crippen LogP contribution in [0.25, 0.3) is 0 Å². The summed E-state index contributed by atoms with van der Waals surface area (Å²) in [6.07, 6.45) is 1.21. The molecule has 3 rings (SSSR count). The second-order valence-electron chi connectivity index (χ2n) is 5.49. The predicted molar refractivity (Wildman–Crippen MR) is 85.3 cm³/mol. The summed E-state index contributed by atoms with van der Waals surface area (Å²) in [5.74, 6) is 0.933. The Morgan fingerprint density at radius 1 is 1.05 bits per heavy atom. The normalized spacial score (nSPS) is 17.8. The minimum atomic E-state index is 0.596. The molecule has 1 unspecified atom stereocenters. The summed E-state index contributed by atoms with van der Waals surface area (Å²) in [5, 5.41) is 6.95. The molecule has 0 aliphatic carbocycles. The molecule has 2 aromatic rings. The highest BCUT2D eigenvalue weighted by Crippen LogP contribution is 2.15. The third-order valence-electron chi connectivity index (χ3n) is 3.80. The number of ether oxygens (including phenoxy) is 1. The van der Waals surface area contributed by atoms with Crippen molar-refractivity contribution in [1.82, 2.24) is 10.6 Å². The standard InChI is InChI=1S/C18H22N2O/c1-2-5-15(6-3-1)14-21-18-8-4-7-16(11-18)12-20-17-9-10-19-13-17/h1-8,11,17,19-20H,9-10,12-14H2. The minimum Gasteiger partial charge on any atom is -0.489 e. The Labute approximate surface area is 126 Å². The Hall–Kier alpha value is -1.84. The van der Waals surface area contributed by atoms with Crippen LogP contribution in [0.1, 0.15) is 17.5 Å². The maximum Gasteiger partial charge on any atom is 0.120 e. The van der Waals surface area contributed by atoms with E-state index in [4.69, 9.17) is 4.74 Å². The number of hydrogen-bond acceptors (Lipinski definition) is 3. The molecule has 2 N–H and O–H groups in total. The van der Waals surface area contributed by atoms with Crippen molar-refractivity contribution in [2.75, 3.05) is 13.1 Å². The molecule has 0 amide bonds. The van der Waals surface area contributed by atoms with Crippen LogP contribution in [0, 0.1) is 0 Å². The summed E-state index contributed by atoms with van der Waals surface area (Å²) >= 11 is 0. The summed E-state index contributed by atoms with van der Waals surface area (Å²) in [6, 6.07) is 19.2. The zero-order valence-corrected chi connectivity index (χ0v) is 12.2. The first kappa shape index (κ1) is 14.1. The van der Waals surface area contributed by atoms with Gasteiger partial charge in [-0.25, -0.2) is 0 Å². The Bertz CT molecular complexity index is 550. The number of benzene rings is 2. The highest BCUT2D eigenvalue weighted by molar-refractivity contribution is 5.29. The Kier molecular flexibility index (Phi) is 4.87. The fourth-order valence-corrected chi connectivity index (χ4v) is 2.58. The second kappa shape index (κ2) is 7.25. The fraction of sp³-hybridized carbons (Fsp3) is 0.333. The van der Waals surface area contributed by atoms with E-state index >= 15 is 0 Å². The maximum atomic E-state index is 5.86. The van der Waals surface area contributed by atoms with Crippen molar-refractivity contribution in [3.63, 3.8) is 0 Å². The van der Waals surface area contributed by atoms with Gasteiger partial charge in [-0.05, 0) is 36.2 Å². The molecule has 0 radical (unpaired) electrons. The molecule has 2 aromatic carbocycles. The van der Waals surface area contributed by atoms with Gasteiger partial charge >= 0.3 is 0 Å². The molecule has 0 spiro atoms. The molecule has 1 aliphatic rings. The molecule has 1 heterocycles. The first-order valence-electron chi connectivity index (χ1n) is 7.60. The third-order valence-corrected chi connectivity index (χ3v) is 3.80. The molecular formula is C18H22N2O. The summed E-state index contributed by atoms with van der Waals surface area (Å²) in [7, 11) is 0. The predicted octanol–water partition coefficient (Wildman–Crippen LogP) is 2.72. The number of hydrogen-bond donors (Lipinski definition) is 2. The van der Waals surface area contributed by atoms with Crippen molar-refractivity contribution in [2.45, 2.75) is 25.6 Å². The molecule has 0 saturated carbocycles. The topological polar surface area (TPSA) is 33.3 Å². The molecule has 3 nitrogen and oxygen atoms in total. The molecule has 0 bridgehead atoms. The highest BCUT2D eigenvalue weighted by Gasteiger charge is 2.13. The molecular weight excluding hydrogens is 260 g/mol. The van der Waals surface area contributed by atoms with E-state index in [0.717, 1.165) is 25.4 Å². The van der Waals surface area contributed by atoms with Crippen LogP contribution in [-0.4, -0.2) is 19.1 Å². The van der Waals surface area contributed by atoms with E-state index in [-0.39, 0.29) is 0 Å². The third kappa shape index (κ3) is 4.31. The molecule has 1 atom stereocenters. The van der Waals surface area contributed by atoms with Crippen molar-refractivity contribution >= 4 is 0 Å². The molecule has 0 aromatic heterocycles. The summed E-state index contributed by atoms with van der Waals surface area (Å²) in [6.45, 7) is 3.71. The monoisotopic (exact) mass is 282 g/mol. The molecule has 3 heteroatoms. The fourth-order valence-electron chi connectivity index (χ4n) is 2.58. The van der Waals surface area contributed by atoms with Crippen molar-refractivity contribution in [2.24, 2.45) is 0 Å². The number of rotatable bonds is 6. The van der Waals surface area contributed by atoms with Crippen molar-refractivity contribution in [3.8, 4) is 5.75 Å². The van der Waals surface area contributed by atoms with Crippen LogP contribution in [0.2, 0.25) is 0 Å². The van der Waals surface area contributed by atoms with Gasteiger partial charge in [-0.1, -0.05) is 42.5 Å². The lowest BCUT2D eigenvalue weighted by Gasteiger charge is -2.12. The number of nitrogens with one attached hydrogen (secondary N) is 2. The lowest BCUT2D eigenvalue weighted by molar-refractivity contribution is 0.306. The van der Waals surface area contributed by atoms with Gasteiger partial charge in [0.05, 0.1) is 0 Å². The van der Waals surface area contributed by atoms with E-state index in [1.165, 1.54) is 17.5 Å². The van der Waals surface area contributed by atoms with Crippen LogP contribution < -0.4 is 15.4 Å². The average Bonchev–Trinajstić information content (AvgIpc) is 3.06. The van der Waals surface area contributed by atoms with E-state index in [9.17, 15) is 0 Å². The van der Waals surface area contributed by atoms with E-state index in [2.05, 4.69) is 41.0 Å². The van der Waals surface area contributed by atoms with Gasteiger partial charge in [0.15, 0.2) is 0 Å². The molecule has 1 fully saturated rings. The van der Waals surface area contributed by atoms with Crippen molar-refractivity contribution in [1.29, 1.82) is 0 Å². The van der Waals surface area contributed by atoms with Crippen LogP contribution in [0.15, 0.2) is 54.6 Å². The lowest BCUT2D eigenvalue weighted by Crippen LogP contribution is -2.30. The summed E-state index contributed by atoms with van der Waals surface area (Å²) < 4.78 is 5.86. The smallest absolute Gasteiger partial charge is 0.120 e. The Morgan fingerprint density at radius 2 is 1.90 bits per heavy atom. The van der Waals surface area contributed by atoms with E-state index in [1.807, 2.05) is 24.3 Å². The molecule has 110 valence electrons. The second-order valence-corrected chi connectivity index (χ2v) is 5.49. The molecule has 1 saturated heterocycles. The van der Waals surface area contributed by atoms with Gasteiger partial charge in [-0.2, -0.15) is 0 Å². The van der Waals surface area contributed by atoms with Gasteiger partial charge in [0.1, 0.15) is 12.4 Å². The van der Waals surface area contributed by atoms with Crippen molar-refractivity contribution in [3.05, 3.63) is 65.7 Å². The first-order chi connectivity index (χ1) is 10.4. The first-order valence-corrected chi connectivity index (χ1v) is 7.60. The Morgan fingerprint density at radius 3 is 2.71 bits per heavy atom. The van der Waals surface area contributed by atoms with Gasteiger partial charge in [0, 0.05) is 19.1 Å². The van der Waals surface area contributed by atoms with Gasteiger partial charge in [-0.3, -0.25) is 0 Å². The van der Waals surface area contributed by atoms with E-state index < -0.39 is 0 Å². The van der Waals surface area contributed by atoms with Gasteiger partial charge in [0.2, 0.25) is 0 Å². The lowest BCUT2D eigenvalue weighted by atomic mass is 10.2. The molecule has 1 aliphatic heterocycles. The summed E-state index contributed by atoms with van der Waals surface area (Å²) in [5.41, 5.74) is 2.46. The maximum absolute atomic E-state index is 5.86. The Balaban J connectivity index is 1.52. The van der Waals surface area contributed by atoms with Crippen LogP contribution in [0.4, 0.5) is 0 Å². The van der Waals surface area contributed by atoms with Gasteiger partial charge in [0.25, 0.3) is 0 Å². The van der Waals surface area contributed by atoms with Crippen LogP contribution in [0.5, 0.6) is 5.75 Å². The van der Waals surface area contributed by atoms with Crippen LogP contribution in [0.3, 0.4) is 0 Å². The van der Waals surface area contributed by atoms with Gasteiger partial charge < -0.3 is 15.4 Å². The zero-order chi connectivity index (χ0) is 14.3. The SMILES string of the molecule is c1ccc(COc2cccc(CNC3CCNC3)c2)cc1. The largest absolute Gasteiger partial charge is 0.489 e. The highest BCUT2D eigenvalue weighted by atomic mass is 16.5. The van der Waals surface area contributed by atoms with Crippen LogP contribution in [-0.2, 0) is 13.2 Å². The van der Waals surface area contributed by atoms with E-state index in [1.54, 1.807) is 0 Å². The van der Waals surface area contributed by atoms with Gasteiger partial charge in [-0.15, -0.1) is 0 Å². The zero-order valence-electron chi connectivity index (χ0n) is 12.2. The van der Waals surface area contributed by atoms with E-state index in [0.29, 0.717) is 12.6 Å². The van der Waals surface area contributed by atoms with Crippen molar-refractivity contribution < 1.29 is 4.74 Å². The quantitative estimate of drug-likeness (QED) is 0.854. The van der Waals surface area contributed by atoms with Crippen LogP contribution >= 0.6 is 0 Å². The minimum absolute atomic E-state index is 0.596. The summed E-state index contributed by atoms with van der Waals surface area (Å²) in [4.78, 5) is 0. The molecule has 21 heavy (non-hydrogen) atoms.